The van der Waals surface area contributed by atoms with Gasteiger partial charge in [0, 0.05) is 11.4 Å². The molecule has 1 aromatic rings. The maximum atomic E-state index is 11.6. The molecule has 1 rings (SSSR count). The zero-order chi connectivity index (χ0) is 14.3. The monoisotopic (exact) mass is 284 g/mol. The topological polar surface area (TPSA) is 78.4 Å². The number of amides is 2. The second-order valence-corrected chi connectivity index (χ2v) is 5.46. The number of anilines is 1. The molecule has 0 saturated carbocycles. The van der Waals surface area contributed by atoms with Gasteiger partial charge in [0.2, 0.25) is 0 Å². The minimum atomic E-state index is -0.768. The molecule has 2 amide bonds. The molecule has 19 heavy (non-hydrogen) atoms. The number of carboxylic acids is 1. The first-order valence-corrected chi connectivity index (χ1v) is 7.26. The molecule has 0 aliphatic heterocycles. The third-order valence-corrected chi connectivity index (χ3v) is 3.54. The number of urea groups is 1. The summed E-state index contributed by atoms with van der Waals surface area (Å²) in [7, 11) is 0. The summed E-state index contributed by atoms with van der Waals surface area (Å²) in [6.07, 6.45) is 2.19. The van der Waals surface area contributed by atoms with Gasteiger partial charge in [-0.1, -0.05) is 13.3 Å². The van der Waals surface area contributed by atoms with Gasteiger partial charge in [0.15, 0.2) is 0 Å². The Morgan fingerprint density at radius 2 is 2.11 bits per heavy atom. The number of hydrogen-bond donors (Lipinski definition) is 3. The summed E-state index contributed by atoms with van der Waals surface area (Å²) in [5, 5.41) is 18.1. The summed E-state index contributed by atoms with van der Waals surface area (Å²) in [6, 6.07) is 1.64. The Labute approximate surface area is 117 Å². The van der Waals surface area contributed by atoms with Crippen LogP contribution in [0.3, 0.4) is 0 Å². The standard InChI is InChI=1S/C13H20N2O3S/c1-9(12(16)17)4-3-5-10(2)14-13(18)15-11-6-7-19-8-11/h6-10H,3-5H2,1-2H3,(H,16,17)(H2,14,15,18). The Kier molecular flexibility index (Phi) is 6.35. The Morgan fingerprint density at radius 3 is 2.68 bits per heavy atom. The van der Waals surface area contributed by atoms with Crippen LogP contribution in [-0.2, 0) is 4.79 Å². The van der Waals surface area contributed by atoms with Crippen LogP contribution in [0, 0.1) is 5.92 Å². The van der Waals surface area contributed by atoms with Gasteiger partial charge >= 0.3 is 12.0 Å². The number of hydrogen-bond acceptors (Lipinski definition) is 3. The first-order chi connectivity index (χ1) is 8.99. The van der Waals surface area contributed by atoms with Crippen LogP contribution in [0.4, 0.5) is 10.5 Å². The van der Waals surface area contributed by atoms with E-state index in [0.717, 1.165) is 18.5 Å². The van der Waals surface area contributed by atoms with Gasteiger partial charge in [-0.05, 0) is 31.2 Å². The quantitative estimate of drug-likeness (QED) is 0.719. The van der Waals surface area contributed by atoms with Gasteiger partial charge in [0.05, 0.1) is 11.6 Å². The van der Waals surface area contributed by atoms with Gasteiger partial charge in [0.1, 0.15) is 0 Å². The first kappa shape index (κ1) is 15.5. The van der Waals surface area contributed by atoms with Gasteiger partial charge < -0.3 is 15.7 Å². The molecule has 0 bridgehead atoms. The number of thiophene rings is 1. The maximum Gasteiger partial charge on any atom is 0.319 e. The molecule has 0 fully saturated rings. The predicted molar refractivity (Wildman–Crippen MR) is 76.6 cm³/mol. The van der Waals surface area contributed by atoms with Crippen molar-refractivity contribution < 1.29 is 14.7 Å². The summed E-state index contributed by atoms with van der Waals surface area (Å²) < 4.78 is 0. The summed E-state index contributed by atoms with van der Waals surface area (Å²) in [5.41, 5.74) is 0.786. The van der Waals surface area contributed by atoms with Crippen LogP contribution in [0.2, 0.25) is 0 Å². The number of carbonyl (C=O) groups is 2. The van der Waals surface area contributed by atoms with Gasteiger partial charge in [-0.3, -0.25) is 4.79 Å². The molecule has 106 valence electrons. The van der Waals surface area contributed by atoms with E-state index in [1.165, 1.54) is 11.3 Å². The molecule has 2 unspecified atom stereocenters. The highest BCUT2D eigenvalue weighted by molar-refractivity contribution is 7.08. The normalized spacial score (nSPS) is 13.6. The van der Waals surface area contributed by atoms with Gasteiger partial charge in [-0.2, -0.15) is 11.3 Å². The molecular weight excluding hydrogens is 264 g/mol. The van der Waals surface area contributed by atoms with Gasteiger partial charge in [-0.25, -0.2) is 4.79 Å². The van der Waals surface area contributed by atoms with Crippen LogP contribution in [0.15, 0.2) is 16.8 Å². The fourth-order valence-corrected chi connectivity index (χ4v) is 2.24. The van der Waals surface area contributed by atoms with E-state index in [9.17, 15) is 9.59 Å². The van der Waals surface area contributed by atoms with Crippen molar-refractivity contribution in [2.24, 2.45) is 5.92 Å². The molecule has 1 aromatic heterocycles. The average Bonchev–Trinajstić information content (AvgIpc) is 2.81. The van der Waals surface area contributed by atoms with Crippen LogP contribution in [0.5, 0.6) is 0 Å². The lowest BCUT2D eigenvalue weighted by molar-refractivity contribution is -0.141. The average molecular weight is 284 g/mol. The molecule has 5 nitrogen and oxygen atoms in total. The Bertz CT molecular complexity index is 406. The molecule has 1 heterocycles. The molecule has 0 aliphatic carbocycles. The highest BCUT2D eigenvalue weighted by Gasteiger charge is 2.12. The second kappa shape index (κ2) is 7.78. The van der Waals surface area contributed by atoms with Crippen molar-refractivity contribution in [3.05, 3.63) is 16.8 Å². The largest absolute Gasteiger partial charge is 0.481 e. The molecule has 3 N–H and O–H groups in total. The summed E-state index contributed by atoms with van der Waals surface area (Å²) in [4.78, 5) is 22.3. The zero-order valence-electron chi connectivity index (χ0n) is 11.2. The molecule has 0 spiro atoms. The van der Waals surface area contributed by atoms with Crippen molar-refractivity contribution in [1.82, 2.24) is 5.32 Å². The SMILES string of the molecule is CC(CCCC(C)C(=O)O)NC(=O)Nc1ccsc1. The minimum absolute atomic E-state index is 0.0274. The van der Waals surface area contributed by atoms with Crippen LogP contribution < -0.4 is 10.6 Å². The summed E-state index contributed by atoms with van der Waals surface area (Å²) in [6.45, 7) is 3.61. The van der Waals surface area contributed by atoms with Crippen LogP contribution in [-0.4, -0.2) is 23.1 Å². The lowest BCUT2D eigenvalue weighted by Crippen LogP contribution is -2.36. The number of carboxylic acid groups (broad SMARTS) is 1. The third-order valence-electron chi connectivity index (χ3n) is 2.85. The summed E-state index contributed by atoms with van der Waals surface area (Å²) >= 11 is 1.52. The van der Waals surface area contributed by atoms with Crippen molar-refractivity contribution in [3.63, 3.8) is 0 Å². The number of aliphatic carboxylic acids is 1. The molecule has 0 aliphatic rings. The second-order valence-electron chi connectivity index (χ2n) is 4.68. The van der Waals surface area contributed by atoms with Crippen molar-refractivity contribution >= 4 is 29.0 Å². The fraction of sp³-hybridized carbons (Fsp3) is 0.538. The molecular formula is C13H20N2O3S. The highest BCUT2D eigenvalue weighted by atomic mass is 32.1. The van der Waals surface area contributed by atoms with E-state index in [4.69, 9.17) is 5.11 Å². The smallest absolute Gasteiger partial charge is 0.319 e. The van der Waals surface area contributed by atoms with Crippen molar-refractivity contribution in [1.29, 1.82) is 0 Å². The van der Waals surface area contributed by atoms with E-state index in [1.807, 2.05) is 23.8 Å². The Balaban J connectivity index is 2.18. The highest BCUT2D eigenvalue weighted by Crippen LogP contribution is 2.12. The van der Waals surface area contributed by atoms with Gasteiger partial charge in [-0.15, -0.1) is 0 Å². The predicted octanol–water partition coefficient (Wildman–Crippen LogP) is 3.15. The minimum Gasteiger partial charge on any atom is -0.481 e. The van der Waals surface area contributed by atoms with Crippen LogP contribution in [0.1, 0.15) is 33.1 Å². The molecule has 0 radical (unpaired) electrons. The Hall–Kier alpha value is -1.56. The van der Waals surface area contributed by atoms with E-state index in [1.54, 1.807) is 6.92 Å². The van der Waals surface area contributed by atoms with Crippen molar-refractivity contribution in [2.45, 2.75) is 39.2 Å². The Morgan fingerprint density at radius 1 is 1.37 bits per heavy atom. The first-order valence-electron chi connectivity index (χ1n) is 6.31. The molecule has 0 aromatic carbocycles. The lowest BCUT2D eigenvalue weighted by Gasteiger charge is -2.14. The maximum absolute atomic E-state index is 11.6. The van der Waals surface area contributed by atoms with Crippen LogP contribution in [0.25, 0.3) is 0 Å². The number of carbonyl (C=O) groups excluding carboxylic acids is 1. The van der Waals surface area contributed by atoms with E-state index in [0.29, 0.717) is 6.42 Å². The molecule has 2 atom stereocenters. The van der Waals surface area contributed by atoms with E-state index in [2.05, 4.69) is 10.6 Å². The molecule has 0 saturated heterocycles. The summed E-state index contributed by atoms with van der Waals surface area (Å²) in [5.74, 6) is -1.09. The molecule has 6 heteroatoms. The lowest BCUT2D eigenvalue weighted by atomic mass is 10.0. The van der Waals surface area contributed by atoms with Crippen molar-refractivity contribution in [2.75, 3.05) is 5.32 Å². The van der Waals surface area contributed by atoms with Gasteiger partial charge in [0.25, 0.3) is 0 Å². The zero-order valence-corrected chi connectivity index (χ0v) is 12.0. The number of nitrogens with one attached hydrogen (secondary N) is 2. The van der Waals surface area contributed by atoms with E-state index in [-0.39, 0.29) is 18.0 Å². The van der Waals surface area contributed by atoms with E-state index < -0.39 is 5.97 Å². The van der Waals surface area contributed by atoms with Crippen LogP contribution >= 0.6 is 11.3 Å². The third kappa shape index (κ3) is 6.24. The van der Waals surface area contributed by atoms with E-state index >= 15 is 0 Å². The number of rotatable bonds is 7. The van der Waals surface area contributed by atoms with Crippen molar-refractivity contribution in [3.8, 4) is 0 Å². The fourth-order valence-electron chi connectivity index (χ4n) is 1.65.